The van der Waals surface area contributed by atoms with Crippen LogP contribution in [0.4, 0.5) is 0 Å². The van der Waals surface area contributed by atoms with Crippen molar-refractivity contribution < 1.29 is 4.79 Å². The van der Waals surface area contributed by atoms with Gasteiger partial charge in [-0.1, -0.05) is 25.2 Å². The molecule has 0 atom stereocenters. The molecule has 0 aliphatic heterocycles. The Balaban J connectivity index is 2.02. The summed E-state index contributed by atoms with van der Waals surface area (Å²) in [5.41, 5.74) is 0. The minimum Gasteiger partial charge on any atom is -0.325 e. The fourth-order valence-corrected chi connectivity index (χ4v) is 3.87. The molecule has 0 saturated heterocycles. The molecule has 1 heterocycles. The van der Waals surface area contributed by atoms with E-state index in [1.807, 2.05) is 23.1 Å². The number of terminal acetylenes is 1. The number of halogens is 1. The number of nitrogens with zero attached hydrogens (tertiary/aromatic N) is 1. The second kappa shape index (κ2) is 7.66. The van der Waals surface area contributed by atoms with Gasteiger partial charge in [0.25, 0.3) is 0 Å². The van der Waals surface area contributed by atoms with Gasteiger partial charge in [0.15, 0.2) is 0 Å². The third kappa shape index (κ3) is 4.22. The Kier molecular flexibility index (Phi) is 5.87. The number of hydrogen-bond donors (Lipinski definition) is 0. The zero-order valence-electron chi connectivity index (χ0n) is 11.3. The first kappa shape index (κ1) is 15.3. The topological polar surface area (TPSA) is 20.3 Å². The lowest BCUT2D eigenvalue weighted by Crippen LogP contribution is -2.40. The van der Waals surface area contributed by atoms with Crippen molar-refractivity contribution in [2.75, 3.05) is 6.54 Å². The lowest BCUT2D eigenvalue weighted by molar-refractivity contribution is -0.128. The molecule has 0 radical (unpaired) electrons. The van der Waals surface area contributed by atoms with Crippen LogP contribution in [0.3, 0.4) is 0 Å². The van der Waals surface area contributed by atoms with Crippen molar-refractivity contribution in [3.8, 4) is 12.3 Å². The number of hydrogen-bond acceptors (Lipinski definition) is 2. The fraction of sp³-hybridized carbons (Fsp3) is 0.438. The summed E-state index contributed by atoms with van der Waals surface area (Å²) in [6.07, 6.45) is 14.7. The molecule has 0 bridgehead atoms. The highest BCUT2D eigenvalue weighted by atomic mass is 79.9. The van der Waals surface area contributed by atoms with E-state index in [2.05, 4.69) is 21.9 Å². The lowest BCUT2D eigenvalue weighted by atomic mass is 9.94. The molecule has 0 spiro atoms. The molecule has 1 aromatic heterocycles. The van der Waals surface area contributed by atoms with Crippen molar-refractivity contribution in [1.29, 1.82) is 0 Å². The third-order valence-corrected chi connectivity index (χ3v) is 5.13. The van der Waals surface area contributed by atoms with Gasteiger partial charge in [0.05, 0.1) is 10.3 Å². The summed E-state index contributed by atoms with van der Waals surface area (Å²) in [5.74, 6) is 2.64. The molecule has 1 aliphatic rings. The Hall–Kier alpha value is -1.05. The average Bonchev–Trinajstić information content (AvgIpc) is 2.89. The molecule has 1 aliphatic carbocycles. The molecule has 1 saturated carbocycles. The van der Waals surface area contributed by atoms with Crippen molar-refractivity contribution in [3.05, 3.63) is 26.9 Å². The Labute approximate surface area is 133 Å². The summed E-state index contributed by atoms with van der Waals surface area (Å²) in [5, 5.41) is 0. The number of carbonyl (C=O) groups is 1. The maximum atomic E-state index is 12.3. The number of carbonyl (C=O) groups excluding carboxylic acids is 1. The van der Waals surface area contributed by atoms with Gasteiger partial charge < -0.3 is 4.90 Å². The Morgan fingerprint density at radius 3 is 2.80 bits per heavy atom. The average molecular weight is 352 g/mol. The van der Waals surface area contributed by atoms with Gasteiger partial charge in [0, 0.05) is 17.0 Å². The molecule has 0 unspecified atom stereocenters. The van der Waals surface area contributed by atoms with Crippen LogP contribution in [0.15, 0.2) is 22.0 Å². The van der Waals surface area contributed by atoms with E-state index in [0.717, 1.165) is 21.5 Å². The molecule has 1 amide bonds. The van der Waals surface area contributed by atoms with E-state index < -0.39 is 0 Å². The van der Waals surface area contributed by atoms with Gasteiger partial charge in [-0.25, -0.2) is 0 Å². The smallest absolute Gasteiger partial charge is 0.247 e. The van der Waals surface area contributed by atoms with Crippen LogP contribution in [0.5, 0.6) is 0 Å². The zero-order chi connectivity index (χ0) is 14.4. The van der Waals surface area contributed by atoms with Crippen molar-refractivity contribution in [1.82, 2.24) is 4.90 Å². The van der Waals surface area contributed by atoms with Crippen LogP contribution in [0.25, 0.3) is 6.08 Å². The first-order valence-electron chi connectivity index (χ1n) is 6.88. The summed E-state index contributed by atoms with van der Waals surface area (Å²) in [4.78, 5) is 15.3. The van der Waals surface area contributed by atoms with E-state index in [1.54, 1.807) is 17.4 Å². The minimum atomic E-state index is 0.0272. The molecule has 0 aromatic carbocycles. The minimum absolute atomic E-state index is 0.0272. The van der Waals surface area contributed by atoms with E-state index in [9.17, 15) is 4.79 Å². The highest BCUT2D eigenvalue weighted by molar-refractivity contribution is 9.11. The summed E-state index contributed by atoms with van der Waals surface area (Å²) in [7, 11) is 0. The number of rotatable bonds is 4. The summed E-state index contributed by atoms with van der Waals surface area (Å²) >= 11 is 5.03. The summed E-state index contributed by atoms with van der Waals surface area (Å²) < 4.78 is 1.07. The largest absolute Gasteiger partial charge is 0.325 e. The first-order chi connectivity index (χ1) is 9.70. The van der Waals surface area contributed by atoms with Gasteiger partial charge in [0.2, 0.25) is 5.91 Å². The summed E-state index contributed by atoms with van der Waals surface area (Å²) in [6.45, 7) is 0.405. The highest BCUT2D eigenvalue weighted by Gasteiger charge is 2.23. The molecular formula is C16H18BrNOS. The standard InChI is InChI=1S/C16H18BrNOS/c1-2-12-18(13-6-4-3-5-7-13)16(19)11-9-14-8-10-15(17)20-14/h1,8-11,13H,3-7,12H2/b11-9+. The zero-order valence-corrected chi connectivity index (χ0v) is 13.8. The Bertz CT molecular complexity index is 523. The van der Waals surface area contributed by atoms with Gasteiger partial charge in [-0.15, -0.1) is 17.8 Å². The van der Waals surface area contributed by atoms with Crippen molar-refractivity contribution in [2.45, 2.75) is 38.1 Å². The van der Waals surface area contributed by atoms with Crippen LogP contribution in [0.2, 0.25) is 0 Å². The molecule has 106 valence electrons. The van der Waals surface area contributed by atoms with Crippen LogP contribution in [-0.2, 0) is 4.79 Å². The second-order valence-corrected chi connectivity index (χ2v) is 7.43. The predicted molar refractivity (Wildman–Crippen MR) is 88.5 cm³/mol. The van der Waals surface area contributed by atoms with E-state index >= 15 is 0 Å². The molecule has 2 nitrogen and oxygen atoms in total. The fourth-order valence-electron chi connectivity index (χ4n) is 2.55. The van der Waals surface area contributed by atoms with Crippen molar-refractivity contribution >= 4 is 39.2 Å². The van der Waals surface area contributed by atoms with E-state index in [4.69, 9.17) is 6.42 Å². The molecule has 1 aromatic rings. The van der Waals surface area contributed by atoms with Crippen LogP contribution in [0.1, 0.15) is 37.0 Å². The highest BCUT2D eigenvalue weighted by Crippen LogP contribution is 2.24. The van der Waals surface area contributed by atoms with E-state index in [0.29, 0.717) is 12.6 Å². The van der Waals surface area contributed by atoms with Crippen molar-refractivity contribution in [3.63, 3.8) is 0 Å². The van der Waals surface area contributed by atoms with Gasteiger partial charge in [-0.2, -0.15) is 0 Å². The van der Waals surface area contributed by atoms with Crippen LogP contribution >= 0.6 is 27.3 Å². The van der Waals surface area contributed by atoms with Crippen LogP contribution in [-0.4, -0.2) is 23.4 Å². The molecule has 4 heteroatoms. The van der Waals surface area contributed by atoms with E-state index in [-0.39, 0.29) is 5.91 Å². The van der Waals surface area contributed by atoms with Gasteiger partial charge in [0.1, 0.15) is 0 Å². The molecule has 1 fully saturated rings. The van der Waals surface area contributed by atoms with Crippen LogP contribution in [0, 0.1) is 12.3 Å². The molecule has 0 N–H and O–H groups in total. The predicted octanol–water partition coefficient (Wildman–Crippen LogP) is 4.32. The SMILES string of the molecule is C#CCN(C(=O)/C=C/c1ccc(Br)s1)C1CCCCC1. The lowest BCUT2D eigenvalue weighted by Gasteiger charge is -2.32. The maximum absolute atomic E-state index is 12.3. The maximum Gasteiger partial charge on any atom is 0.247 e. The molecular weight excluding hydrogens is 334 g/mol. The van der Waals surface area contributed by atoms with E-state index in [1.165, 1.54) is 19.3 Å². The van der Waals surface area contributed by atoms with Crippen molar-refractivity contribution in [2.24, 2.45) is 0 Å². The van der Waals surface area contributed by atoms with Gasteiger partial charge in [-0.3, -0.25) is 4.79 Å². The van der Waals surface area contributed by atoms with Gasteiger partial charge >= 0.3 is 0 Å². The summed E-state index contributed by atoms with van der Waals surface area (Å²) in [6, 6.07) is 4.28. The second-order valence-electron chi connectivity index (χ2n) is 4.94. The Morgan fingerprint density at radius 2 is 2.20 bits per heavy atom. The molecule has 2 rings (SSSR count). The quantitative estimate of drug-likeness (QED) is 0.584. The third-order valence-electron chi connectivity index (χ3n) is 3.54. The molecule has 20 heavy (non-hydrogen) atoms. The normalized spacial score (nSPS) is 16.2. The first-order valence-corrected chi connectivity index (χ1v) is 8.49. The van der Waals surface area contributed by atoms with Crippen LogP contribution < -0.4 is 0 Å². The number of thiophene rings is 1. The Morgan fingerprint density at radius 1 is 1.45 bits per heavy atom. The van der Waals surface area contributed by atoms with Gasteiger partial charge in [-0.05, 0) is 47.0 Å². The monoisotopic (exact) mass is 351 g/mol. The number of amides is 1.